The third-order valence-corrected chi connectivity index (χ3v) is 3.31. The molecule has 0 aromatic rings. The molecule has 0 atom stereocenters. The van der Waals surface area contributed by atoms with E-state index in [0.717, 1.165) is 0 Å². The molecule has 6 heteroatoms. The molecule has 1 amide bonds. The van der Waals surface area contributed by atoms with Gasteiger partial charge in [0, 0.05) is 13.7 Å². The summed E-state index contributed by atoms with van der Waals surface area (Å²) in [6, 6.07) is 2.09. The fourth-order valence-corrected chi connectivity index (χ4v) is 1.88. The van der Waals surface area contributed by atoms with E-state index < -0.39 is 11.4 Å². The molecule has 0 N–H and O–H groups in total. The highest BCUT2D eigenvalue weighted by Gasteiger charge is 2.39. The summed E-state index contributed by atoms with van der Waals surface area (Å²) < 4.78 is 9.81. The summed E-state index contributed by atoms with van der Waals surface area (Å²) >= 11 is 0. The van der Waals surface area contributed by atoms with Crippen LogP contribution in [0.25, 0.3) is 0 Å². The fourth-order valence-electron chi connectivity index (χ4n) is 1.88. The van der Waals surface area contributed by atoms with Crippen LogP contribution < -0.4 is 0 Å². The van der Waals surface area contributed by atoms with Crippen LogP contribution in [-0.2, 0) is 19.1 Å². The van der Waals surface area contributed by atoms with Gasteiger partial charge in [-0.25, -0.2) is 0 Å². The van der Waals surface area contributed by atoms with E-state index in [1.165, 1.54) is 12.0 Å². The summed E-state index contributed by atoms with van der Waals surface area (Å²) in [6.07, 6.45) is 0.816. The minimum absolute atomic E-state index is 0.153. The standard InChI is InChI=1S/C14H24N2O4/c1-5-14(6-2,11-15)13(18)16(8-9-19-4)10-12(17)20-7-3/h5-10H2,1-4H3. The van der Waals surface area contributed by atoms with Crippen LogP contribution in [0.1, 0.15) is 33.6 Å². The van der Waals surface area contributed by atoms with E-state index in [-0.39, 0.29) is 25.6 Å². The first-order valence-corrected chi connectivity index (χ1v) is 6.86. The number of nitrogens with zero attached hydrogens (tertiary/aromatic N) is 2. The van der Waals surface area contributed by atoms with Crippen molar-refractivity contribution >= 4 is 11.9 Å². The number of methoxy groups -OCH3 is 1. The molecule has 6 nitrogen and oxygen atoms in total. The maximum atomic E-state index is 12.5. The van der Waals surface area contributed by atoms with E-state index >= 15 is 0 Å². The van der Waals surface area contributed by atoms with Gasteiger partial charge in [0.05, 0.1) is 19.3 Å². The number of amides is 1. The molecule has 0 unspecified atom stereocenters. The lowest BCUT2D eigenvalue weighted by Crippen LogP contribution is -2.46. The molecule has 0 aromatic heterocycles. The molecule has 114 valence electrons. The summed E-state index contributed by atoms with van der Waals surface area (Å²) in [7, 11) is 1.52. The number of esters is 1. The Hall–Kier alpha value is -1.61. The van der Waals surface area contributed by atoms with E-state index in [9.17, 15) is 14.9 Å². The zero-order valence-corrected chi connectivity index (χ0v) is 12.8. The van der Waals surface area contributed by atoms with Gasteiger partial charge in [0.2, 0.25) is 5.91 Å². The molecule has 0 spiro atoms. The van der Waals surface area contributed by atoms with Gasteiger partial charge in [-0.15, -0.1) is 0 Å². The maximum absolute atomic E-state index is 12.5. The first-order valence-electron chi connectivity index (χ1n) is 6.86. The average Bonchev–Trinajstić information content (AvgIpc) is 2.46. The Morgan fingerprint density at radius 2 is 1.85 bits per heavy atom. The van der Waals surface area contributed by atoms with Gasteiger partial charge in [-0.3, -0.25) is 9.59 Å². The summed E-state index contributed by atoms with van der Waals surface area (Å²) in [6.45, 7) is 5.97. The van der Waals surface area contributed by atoms with Crippen LogP contribution in [0, 0.1) is 16.7 Å². The van der Waals surface area contributed by atoms with Gasteiger partial charge in [0.25, 0.3) is 0 Å². The van der Waals surface area contributed by atoms with Gasteiger partial charge >= 0.3 is 5.97 Å². The van der Waals surface area contributed by atoms with Gasteiger partial charge in [-0.05, 0) is 19.8 Å². The van der Waals surface area contributed by atoms with Crippen LogP contribution in [-0.4, -0.2) is 50.2 Å². The van der Waals surface area contributed by atoms with Gasteiger partial charge in [0.1, 0.15) is 12.0 Å². The molecule has 0 heterocycles. The number of rotatable bonds is 9. The zero-order valence-electron chi connectivity index (χ0n) is 12.8. The Morgan fingerprint density at radius 1 is 1.25 bits per heavy atom. The Labute approximate surface area is 120 Å². The number of hydrogen-bond acceptors (Lipinski definition) is 5. The molecule has 20 heavy (non-hydrogen) atoms. The molecule has 0 rings (SSSR count). The third-order valence-electron chi connectivity index (χ3n) is 3.31. The van der Waals surface area contributed by atoms with Gasteiger partial charge in [0.15, 0.2) is 0 Å². The number of carbonyl (C=O) groups excluding carboxylic acids is 2. The van der Waals surface area contributed by atoms with Gasteiger partial charge in [-0.2, -0.15) is 5.26 Å². The van der Waals surface area contributed by atoms with Crippen LogP contribution >= 0.6 is 0 Å². The summed E-state index contributed by atoms with van der Waals surface area (Å²) in [5, 5.41) is 9.31. The van der Waals surface area contributed by atoms with Crippen molar-refractivity contribution in [3.05, 3.63) is 0 Å². The quantitative estimate of drug-likeness (QED) is 0.597. The van der Waals surface area contributed by atoms with Crippen LogP contribution in [0.5, 0.6) is 0 Å². The molecular formula is C14H24N2O4. The highest BCUT2D eigenvalue weighted by molar-refractivity contribution is 5.88. The summed E-state index contributed by atoms with van der Waals surface area (Å²) in [5.74, 6) is -0.814. The van der Waals surface area contributed by atoms with Crippen LogP contribution in [0.2, 0.25) is 0 Å². The highest BCUT2D eigenvalue weighted by atomic mass is 16.5. The first kappa shape index (κ1) is 18.4. The van der Waals surface area contributed by atoms with Gasteiger partial charge in [-0.1, -0.05) is 13.8 Å². The van der Waals surface area contributed by atoms with Crippen LogP contribution in [0.4, 0.5) is 0 Å². The van der Waals surface area contributed by atoms with Crippen molar-refractivity contribution in [2.45, 2.75) is 33.6 Å². The predicted octanol–water partition coefficient (Wildman–Crippen LogP) is 1.35. The Morgan fingerprint density at radius 3 is 2.25 bits per heavy atom. The van der Waals surface area contributed by atoms with E-state index in [1.54, 1.807) is 20.8 Å². The van der Waals surface area contributed by atoms with Crippen molar-refractivity contribution in [2.24, 2.45) is 5.41 Å². The molecule has 0 aliphatic rings. The number of carbonyl (C=O) groups is 2. The van der Waals surface area contributed by atoms with Crippen LogP contribution in [0.3, 0.4) is 0 Å². The molecule has 0 radical (unpaired) electrons. The van der Waals surface area contributed by atoms with E-state index in [4.69, 9.17) is 9.47 Å². The van der Waals surface area contributed by atoms with E-state index in [2.05, 4.69) is 6.07 Å². The third kappa shape index (κ3) is 4.82. The lowest BCUT2D eigenvalue weighted by atomic mass is 9.82. The molecular weight excluding hydrogens is 260 g/mol. The predicted molar refractivity (Wildman–Crippen MR) is 73.7 cm³/mol. The number of nitriles is 1. The fraction of sp³-hybridized carbons (Fsp3) is 0.786. The zero-order chi connectivity index (χ0) is 15.6. The SMILES string of the molecule is CCOC(=O)CN(CCOC)C(=O)C(C#N)(CC)CC. The average molecular weight is 284 g/mol. The second-order valence-electron chi connectivity index (χ2n) is 4.43. The van der Waals surface area contributed by atoms with E-state index in [1.807, 2.05) is 0 Å². The first-order chi connectivity index (χ1) is 9.51. The van der Waals surface area contributed by atoms with Crippen molar-refractivity contribution < 1.29 is 19.1 Å². The minimum Gasteiger partial charge on any atom is -0.465 e. The topological polar surface area (TPSA) is 79.6 Å². The largest absolute Gasteiger partial charge is 0.465 e. The molecule has 0 saturated heterocycles. The molecule has 0 fully saturated rings. The Kier molecular flexibility index (Phi) is 8.57. The minimum atomic E-state index is -1.08. The molecule has 0 aromatic carbocycles. The van der Waals surface area contributed by atoms with E-state index in [0.29, 0.717) is 19.4 Å². The summed E-state index contributed by atoms with van der Waals surface area (Å²) in [4.78, 5) is 25.5. The van der Waals surface area contributed by atoms with Crippen molar-refractivity contribution in [3.63, 3.8) is 0 Å². The second-order valence-corrected chi connectivity index (χ2v) is 4.43. The Balaban J connectivity index is 5.05. The lowest BCUT2D eigenvalue weighted by Gasteiger charge is -2.30. The number of hydrogen-bond donors (Lipinski definition) is 0. The van der Waals surface area contributed by atoms with Crippen LogP contribution in [0.15, 0.2) is 0 Å². The monoisotopic (exact) mass is 284 g/mol. The maximum Gasteiger partial charge on any atom is 0.325 e. The molecule has 0 aliphatic carbocycles. The second kappa shape index (κ2) is 9.32. The highest BCUT2D eigenvalue weighted by Crippen LogP contribution is 2.28. The normalized spacial score (nSPS) is 10.8. The molecule has 0 aliphatic heterocycles. The lowest BCUT2D eigenvalue weighted by molar-refractivity contribution is -0.152. The van der Waals surface area contributed by atoms with Crippen molar-refractivity contribution in [1.82, 2.24) is 4.90 Å². The Bertz CT molecular complexity index is 359. The van der Waals surface area contributed by atoms with Crippen molar-refractivity contribution in [1.29, 1.82) is 5.26 Å². The number of ether oxygens (including phenoxy) is 2. The molecule has 0 bridgehead atoms. The smallest absolute Gasteiger partial charge is 0.325 e. The molecule has 0 saturated carbocycles. The van der Waals surface area contributed by atoms with Crippen molar-refractivity contribution in [2.75, 3.05) is 33.4 Å². The van der Waals surface area contributed by atoms with Gasteiger partial charge < -0.3 is 14.4 Å². The summed E-state index contributed by atoms with van der Waals surface area (Å²) in [5.41, 5.74) is -1.08. The van der Waals surface area contributed by atoms with Crippen molar-refractivity contribution in [3.8, 4) is 6.07 Å².